The van der Waals surface area contributed by atoms with Gasteiger partial charge in [-0.05, 0) is 6.92 Å². The van der Waals surface area contributed by atoms with Crippen LogP contribution >= 0.6 is 0 Å². The number of sulfone groups is 1. The predicted molar refractivity (Wildman–Crippen MR) is 42.4 cm³/mol. The first-order chi connectivity index (χ1) is 4.95. The molecule has 0 aliphatic rings. The molecule has 0 heterocycles. The van der Waals surface area contributed by atoms with Gasteiger partial charge in [-0.25, -0.2) is 8.42 Å². The highest BCUT2D eigenvalue weighted by molar-refractivity contribution is 7.96. The Labute approximate surface area is 66.0 Å². The zero-order chi connectivity index (χ0) is 9.07. The Morgan fingerprint density at radius 1 is 1.55 bits per heavy atom. The molecule has 0 aliphatic heterocycles. The van der Waals surface area contributed by atoms with Gasteiger partial charge in [0.05, 0.1) is 5.75 Å². The standard InChI is InChI=1S/C6H11NO3S/c1-3-5(6(7)8)11(9,10)4-2/h3H,4H2,1-2H3,(H2,7,8)/b5-3+. The summed E-state index contributed by atoms with van der Waals surface area (Å²) < 4.78 is 22.0. The Morgan fingerprint density at radius 2 is 2.00 bits per heavy atom. The van der Waals surface area contributed by atoms with Crippen LogP contribution in [0.4, 0.5) is 0 Å². The van der Waals surface area contributed by atoms with Crippen LogP contribution in [0.15, 0.2) is 11.0 Å². The Morgan fingerprint density at radius 3 is 2.09 bits per heavy atom. The summed E-state index contributed by atoms with van der Waals surface area (Å²) in [6.07, 6.45) is 1.21. The minimum atomic E-state index is -3.42. The van der Waals surface area contributed by atoms with Crippen LogP contribution in [0.2, 0.25) is 0 Å². The maximum Gasteiger partial charge on any atom is 0.259 e. The Hall–Kier alpha value is -0.840. The lowest BCUT2D eigenvalue weighted by atomic mass is 10.5. The molecule has 11 heavy (non-hydrogen) atoms. The number of nitrogens with two attached hydrogens (primary N) is 1. The lowest BCUT2D eigenvalue weighted by Crippen LogP contribution is -2.21. The van der Waals surface area contributed by atoms with Crippen molar-refractivity contribution in [3.8, 4) is 0 Å². The van der Waals surface area contributed by atoms with Gasteiger partial charge in [-0.15, -0.1) is 0 Å². The van der Waals surface area contributed by atoms with Gasteiger partial charge in [0, 0.05) is 0 Å². The fourth-order valence-corrected chi connectivity index (χ4v) is 1.61. The molecule has 0 saturated heterocycles. The molecule has 0 radical (unpaired) electrons. The van der Waals surface area contributed by atoms with E-state index < -0.39 is 15.7 Å². The summed E-state index contributed by atoms with van der Waals surface area (Å²) in [6, 6.07) is 0. The minimum absolute atomic E-state index is 0.102. The largest absolute Gasteiger partial charge is 0.365 e. The molecule has 5 heteroatoms. The minimum Gasteiger partial charge on any atom is -0.365 e. The van der Waals surface area contributed by atoms with Gasteiger partial charge in [-0.2, -0.15) is 0 Å². The summed E-state index contributed by atoms with van der Waals surface area (Å²) in [5.41, 5.74) is 4.82. The maximum absolute atomic E-state index is 11.0. The van der Waals surface area contributed by atoms with E-state index in [0.717, 1.165) is 0 Å². The third kappa shape index (κ3) is 2.34. The zero-order valence-electron chi connectivity index (χ0n) is 6.49. The quantitative estimate of drug-likeness (QED) is 0.607. The van der Waals surface area contributed by atoms with Crippen molar-refractivity contribution >= 4 is 15.7 Å². The summed E-state index contributed by atoms with van der Waals surface area (Å²) in [5, 5.41) is 0. The number of amides is 1. The predicted octanol–water partition coefficient (Wildman–Crippen LogP) is -0.190. The van der Waals surface area contributed by atoms with E-state index in [9.17, 15) is 13.2 Å². The number of rotatable bonds is 3. The average molecular weight is 177 g/mol. The van der Waals surface area contributed by atoms with E-state index in [-0.39, 0.29) is 10.7 Å². The molecule has 0 aliphatic carbocycles. The molecule has 0 aromatic rings. The molecule has 0 saturated carbocycles. The molecule has 0 bridgehead atoms. The Kier molecular flexibility index (Phi) is 3.25. The SMILES string of the molecule is C/C=C(\C(N)=O)S(=O)(=O)CC. The molecule has 4 nitrogen and oxygen atoms in total. The van der Waals surface area contributed by atoms with Crippen LogP contribution < -0.4 is 5.73 Å². The summed E-state index contributed by atoms with van der Waals surface area (Å²) in [5.74, 6) is -0.996. The first-order valence-corrected chi connectivity index (χ1v) is 4.79. The van der Waals surface area contributed by atoms with Crippen LogP contribution in [0.3, 0.4) is 0 Å². The number of primary amides is 1. The number of carbonyl (C=O) groups is 1. The van der Waals surface area contributed by atoms with Crippen molar-refractivity contribution < 1.29 is 13.2 Å². The molecule has 2 N–H and O–H groups in total. The van der Waals surface area contributed by atoms with E-state index in [4.69, 9.17) is 5.73 Å². The van der Waals surface area contributed by atoms with Crippen molar-refractivity contribution in [2.24, 2.45) is 5.73 Å². The normalized spacial score (nSPS) is 13.1. The van der Waals surface area contributed by atoms with Gasteiger partial charge in [-0.1, -0.05) is 13.0 Å². The zero-order valence-corrected chi connectivity index (χ0v) is 7.31. The van der Waals surface area contributed by atoms with Crippen LogP contribution in [0.5, 0.6) is 0 Å². The molecular formula is C6H11NO3S. The molecule has 1 amide bonds. The third-order valence-corrected chi connectivity index (χ3v) is 3.09. The van der Waals surface area contributed by atoms with Gasteiger partial charge in [0.25, 0.3) is 5.91 Å². The fraction of sp³-hybridized carbons (Fsp3) is 0.500. The molecule has 0 aromatic heterocycles. The van der Waals surface area contributed by atoms with Crippen LogP contribution in [0.25, 0.3) is 0 Å². The van der Waals surface area contributed by atoms with Crippen LogP contribution in [0, 0.1) is 0 Å². The van der Waals surface area contributed by atoms with E-state index in [1.54, 1.807) is 0 Å². The highest BCUT2D eigenvalue weighted by Crippen LogP contribution is 2.05. The van der Waals surface area contributed by atoms with Gasteiger partial charge >= 0.3 is 0 Å². The average Bonchev–Trinajstić information content (AvgIpc) is 1.88. The molecule has 0 spiro atoms. The van der Waals surface area contributed by atoms with E-state index in [0.29, 0.717) is 0 Å². The highest BCUT2D eigenvalue weighted by Gasteiger charge is 2.18. The number of allylic oxidation sites excluding steroid dienone is 1. The van der Waals surface area contributed by atoms with Crippen molar-refractivity contribution in [3.05, 3.63) is 11.0 Å². The van der Waals surface area contributed by atoms with Gasteiger partial charge in [0.15, 0.2) is 9.84 Å². The Bertz CT molecular complexity index is 276. The van der Waals surface area contributed by atoms with Crippen LogP contribution in [-0.2, 0) is 14.6 Å². The summed E-state index contributed by atoms with van der Waals surface area (Å²) >= 11 is 0. The lowest BCUT2D eigenvalue weighted by Gasteiger charge is -2.00. The maximum atomic E-state index is 11.0. The number of carbonyl (C=O) groups excluding carboxylic acids is 1. The number of hydrogen-bond donors (Lipinski definition) is 1. The van der Waals surface area contributed by atoms with Gasteiger partial charge < -0.3 is 5.73 Å². The van der Waals surface area contributed by atoms with Gasteiger partial charge in [-0.3, -0.25) is 4.79 Å². The molecule has 0 unspecified atom stereocenters. The highest BCUT2D eigenvalue weighted by atomic mass is 32.2. The third-order valence-electron chi connectivity index (χ3n) is 1.22. The second kappa shape index (κ2) is 3.52. The first kappa shape index (κ1) is 10.2. The van der Waals surface area contributed by atoms with Crippen molar-refractivity contribution in [2.45, 2.75) is 13.8 Å². The van der Waals surface area contributed by atoms with E-state index in [1.165, 1.54) is 19.9 Å². The monoisotopic (exact) mass is 177 g/mol. The molecule has 0 atom stereocenters. The summed E-state index contributed by atoms with van der Waals surface area (Å²) in [6.45, 7) is 2.93. The van der Waals surface area contributed by atoms with E-state index in [2.05, 4.69) is 0 Å². The van der Waals surface area contributed by atoms with Crippen LogP contribution in [-0.4, -0.2) is 20.1 Å². The molecule has 0 fully saturated rings. The second-order valence-electron chi connectivity index (χ2n) is 1.92. The molecule has 0 rings (SSSR count). The smallest absolute Gasteiger partial charge is 0.259 e. The lowest BCUT2D eigenvalue weighted by molar-refractivity contribution is -0.113. The molecule has 64 valence electrons. The van der Waals surface area contributed by atoms with Crippen molar-refractivity contribution in [2.75, 3.05) is 5.75 Å². The van der Waals surface area contributed by atoms with Gasteiger partial charge in [0.1, 0.15) is 4.91 Å². The topological polar surface area (TPSA) is 77.2 Å². The van der Waals surface area contributed by atoms with Crippen LogP contribution in [0.1, 0.15) is 13.8 Å². The fourth-order valence-electron chi connectivity index (χ4n) is 0.631. The molecular weight excluding hydrogens is 166 g/mol. The van der Waals surface area contributed by atoms with E-state index >= 15 is 0 Å². The van der Waals surface area contributed by atoms with Crippen molar-refractivity contribution in [1.29, 1.82) is 0 Å². The molecule has 0 aromatic carbocycles. The first-order valence-electron chi connectivity index (χ1n) is 3.14. The van der Waals surface area contributed by atoms with Crippen molar-refractivity contribution in [1.82, 2.24) is 0 Å². The van der Waals surface area contributed by atoms with Gasteiger partial charge in [0.2, 0.25) is 0 Å². The second-order valence-corrected chi connectivity index (χ2v) is 4.17. The van der Waals surface area contributed by atoms with Crippen molar-refractivity contribution in [3.63, 3.8) is 0 Å². The summed E-state index contributed by atoms with van der Waals surface area (Å²) in [4.78, 5) is 10.2. The van der Waals surface area contributed by atoms with E-state index in [1.807, 2.05) is 0 Å². The summed E-state index contributed by atoms with van der Waals surface area (Å²) in [7, 11) is -3.42. The number of hydrogen-bond acceptors (Lipinski definition) is 3. The Balaban J connectivity index is 5.00.